The topological polar surface area (TPSA) is 0 Å². The summed E-state index contributed by atoms with van der Waals surface area (Å²) in [5.41, 5.74) is 0. The van der Waals surface area contributed by atoms with E-state index in [-0.39, 0.29) is 21.7 Å². The van der Waals surface area contributed by atoms with E-state index < -0.39 is 0 Å². The van der Waals surface area contributed by atoms with Gasteiger partial charge in [0.15, 0.2) is 0 Å². The molecule has 0 aromatic rings. The van der Waals surface area contributed by atoms with Crippen LogP contribution in [0.15, 0.2) is 24.3 Å². The molecule has 0 amide bonds. The summed E-state index contributed by atoms with van der Waals surface area (Å²) in [7, 11) is 0. The minimum absolute atomic E-state index is 0. The summed E-state index contributed by atoms with van der Waals surface area (Å²) in [5, 5.41) is 0. The van der Waals surface area contributed by atoms with Crippen LogP contribution in [0, 0.1) is 0 Å². The van der Waals surface area contributed by atoms with Gasteiger partial charge in [0.05, 0.1) is 0 Å². The van der Waals surface area contributed by atoms with Crippen LogP contribution >= 0.6 is 0 Å². The number of allylic oxidation sites excluding steroid dienone is 4. The van der Waals surface area contributed by atoms with Crippen molar-refractivity contribution >= 4 is 15.2 Å². The van der Waals surface area contributed by atoms with Crippen LogP contribution in [0.5, 0.6) is 0 Å². The fraction of sp³-hybridized carbons (Fsp3) is 0.429. The first-order valence-corrected chi connectivity index (χ1v) is 6.06. The quantitative estimate of drug-likeness (QED) is 0.490. The van der Waals surface area contributed by atoms with E-state index in [9.17, 15) is 0 Å². The first-order valence-electron chi connectivity index (χ1n) is 3.23. The maximum atomic E-state index is 2.26. The second-order valence-electron chi connectivity index (χ2n) is 1.80. The van der Waals surface area contributed by atoms with E-state index in [0.717, 1.165) is 6.42 Å². The Kier molecular flexibility index (Phi) is 15.9. The van der Waals surface area contributed by atoms with Crippen LogP contribution in [0.3, 0.4) is 0 Å². The van der Waals surface area contributed by atoms with Crippen molar-refractivity contribution < 1.29 is 21.7 Å². The van der Waals surface area contributed by atoms with E-state index in [1.165, 1.54) is 0 Å². The smallest absolute Gasteiger partial charge is 0.109 e. The van der Waals surface area contributed by atoms with Gasteiger partial charge in [0, 0.05) is 21.7 Å². The molecule has 0 unspecified atom stereocenters. The Balaban J connectivity index is 0. The molecule has 0 saturated carbocycles. The Morgan fingerprint density at radius 1 is 1.11 bits per heavy atom. The summed E-state index contributed by atoms with van der Waals surface area (Å²) in [6, 6.07) is 0. The minimum atomic E-state index is 0. The SMILES string of the molecule is C1=CCC=C1.[CH3][AlH][CH3].[Ti]. The third kappa shape index (κ3) is 12.0. The Hall–Kier alpha value is 0.727. The summed E-state index contributed by atoms with van der Waals surface area (Å²) in [5.74, 6) is 4.53. The van der Waals surface area contributed by atoms with Gasteiger partial charge in [0.25, 0.3) is 0 Å². The van der Waals surface area contributed by atoms with Crippen molar-refractivity contribution in [3.8, 4) is 0 Å². The number of hydrogen-bond donors (Lipinski definition) is 0. The predicted octanol–water partition coefficient (Wildman–Crippen LogP) is 2.02. The van der Waals surface area contributed by atoms with Crippen molar-refractivity contribution in [3.63, 3.8) is 0 Å². The normalized spacial score (nSPS) is 11.3. The largest absolute Gasteiger partial charge is 0.229 e. The van der Waals surface area contributed by atoms with E-state index in [1.807, 2.05) is 0 Å². The van der Waals surface area contributed by atoms with Crippen LogP contribution in [0.4, 0.5) is 0 Å². The monoisotopic (exact) mass is 172 g/mol. The zero-order chi connectivity index (χ0) is 6.24. The van der Waals surface area contributed by atoms with Crippen molar-refractivity contribution in [2.45, 2.75) is 18.0 Å². The zero-order valence-corrected chi connectivity index (χ0v) is 9.20. The fourth-order valence-corrected chi connectivity index (χ4v) is 0.393. The molecular weight excluding hydrogens is 159 g/mol. The molecule has 2 heteroatoms. The van der Waals surface area contributed by atoms with Gasteiger partial charge in [-0.3, -0.25) is 0 Å². The second kappa shape index (κ2) is 11.5. The van der Waals surface area contributed by atoms with Gasteiger partial charge >= 0.3 is 0 Å². The Morgan fingerprint density at radius 2 is 1.44 bits per heavy atom. The fourth-order valence-electron chi connectivity index (χ4n) is 0.393. The average Bonchev–Trinajstić information content (AvgIpc) is 2.17. The molecule has 0 fully saturated rings. The number of rotatable bonds is 0. The van der Waals surface area contributed by atoms with Crippen LogP contribution in [-0.2, 0) is 21.7 Å². The molecule has 0 spiro atoms. The van der Waals surface area contributed by atoms with Gasteiger partial charge in [-0.25, -0.2) is 0 Å². The van der Waals surface area contributed by atoms with Gasteiger partial charge in [-0.2, -0.15) is 0 Å². The van der Waals surface area contributed by atoms with Gasteiger partial charge < -0.3 is 0 Å². The van der Waals surface area contributed by atoms with E-state index in [4.69, 9.17) is 0 Å². The Labute approximate surface area is 79.0 Å². The summed E-state index contributed by atoms with van der Waals surface area (Å²) in [4.78, 5) is 0. The molecule has 0 bridgehead atoms. The molecule has 0 heterocycles. The van der Waals surface area contributed by atoms with Gasteiger partial charge in [0.1, 0.15) is 0 Å². The molecule has 0 aromatic heterocycles. The molecule has 0 saturated heterocycles. The van der Waals surface area contributed by atoms with Crippen molar-refractivity contribution in [1.82, 2.24) is 0 Å². The van der Waals surface area contributed by atoms with Gasteiger partial charge in [-0.05, 0) is 6.42 Å². The summed E-state index contributed by atoms with van der Waals surface area (Å²) < 4.78 is 0. The van der Waals surface area contributed by atoms with Crippen molar-refractivity contribution in [2.75, 3.05) is 0 Å². The molecule has 0 aliphatic heterocycles. The van der Waals surface area contributed by atoms with Crippen molar-refractivity contribution in [2.24, 2.45) is 0 Å². The maximum absolute atomic E-state index is 2.26. The van der Waals surface area contributed by atoms with Gasteiger partial charge in [-0.15, -0.1) is 11.6 Å². The average molecular weight is 172 g/mol. The predicted molar refractivity (Wildman–Crippen MR) is 41.8 cm³/mol. The summed E-state index contributed by atoms with van der Waals surface area (Å²) in [6.07, 6.45) is 9.50. The molecule has 0 nitrogen and oxygen atoms in total. The molecule has 1 aliphatic rings. The zero-order valence-electron chi connectivity index (χ0n) is 6.22. The van der Waals surface area contributed by atoms with E-state index in [1.54, 1.807) is 0 Å². The van der Waals surface area contributed by atoms with Crippen LogP contribution < -0.4 is 0 Å². The van der Waals surface area contributed by atoms with Crippen molar-refractivity contribution in [3.05, 3.63) is 24.3 Å². The van der Waals surface area contributed by atoms with E-state index in [0.29, 0.717) is 15.2 Å². The van der Waals surface area contributed by atoms with E-state index >= 15 is 0 Å². The molecule has 0 N–H and O–H groups in total. The van der Waals surface area contributed by atoms with Crippen LogP contribution in [0.25, 0.3) is 0 Å². The maximum Gasteiger partial charge on any atom is 0.229 e. The summed E-state index contributed by atoms with van der Waals surface area (Å²) >= 11 is 0.417. The Morgan fingerprint density at radius 3 is 1.56 bits per heavy atom. The first-order chi connectivity index (χ1) is 3.91. The molecule has 1 rings (SSSR count). The van der Waals surface area contributed by atoms with Gasteiger partial charge in [-0.1, -0.05) is 24.3 Å². The third-order valence-electron chi connectivity index (χ3n) is 0.655. The summed E-state index contributed by atoms with van der Waals surface area (Å²) in [6.45, 7) is 0. The molecule has 1 aliphatic carbocycles. The molecular formula is C7H13AlTi. The molecule has 48 valence electrons. The first kappa shape index (κ1) is 12.4. The van der Waals surface area contributed by atoms with Gasteiger partial charge in [0.2, 0.25) is 15.2 Å². The minimum Gasteiger partial charge on any atom is -0.109 e. The van der Waals surface area contributed by atoms with Crippen LogP contribution in [0.1, 0.15) is 6.42 Å². The number of hydrogen-bond acceptors (Lipinski definition) is 0. The molecule has 0 aromatic carbocycles. The van der Waals surface area contributed by atoms with Crippen LogP contribution in [-0.4, -0.2) is 15.2 Å². The molecule has 0 atom stereocenters. The second-order valence-corrected chi connectivity index (χ2v) is 3.21. The molecule has 0 radical (unpaired) electrons. The van der Waals surface area contributed by atoms with E-state index in [2.05, 4.69) is 35.9 Å². The Bertz CT molecular complexity index is 76.9. The third-order valence-corrected chi connectivity index (χ3v) is 0.655. The van der Waals surface area contributed by atoms with Crippen LogP contribution in [0.2, 0.25) is 11.6 Å². The molecule has 9 heavy (non-hydrogen) atoms. The standard InChI is InChI=1S/C5H6.2CH3.Al.Ti.H/c1-2-4-5-3-1;;;;;/h1-4H,5H2;2*1H3;;;. The van der Waals surface area contributed by atoms with Crippen molar-refractivity contribution in [1.29, 1.82) is 0 Å².